The minimum absolute atomic E-state index is 0. The minimum Gasteiger partial charge on any atom is -0.382 e. The van der Waals surface area contributed by atoms with E-state index >= 15 is 0 Å². The van der Waals surface area contributed by atoms with Crippen LogP contribution in [0.15, 0.2) is 0 Å². The van der Waals surface area contributed by atoms with Crippen LogP contribution in [0.1, 0.15) is 25.7 Å². The number of halogens is 1. The van der Waals surface area contributed by atoms with Gasteiger partial charge in [0.2, 0.25) is 5.91 Å². The van der Waals surface area contributed by atoms with Crippen molar-refractivity contribution in [2.45, 2.75) is 37.8 Å². The summed E-state index contributed by atoms with van der Waals surface area (Å²) in [4.78, 5) is 10.5. The second kappa shape index (κ2) is 5.42. The molecule has 0 saturated heterocycles. The summed E-state index contributed by atoms with van der Waals surface area (Å²) in [6.45, 7) is 0. The number of carbonyl (C=O) groups excluding carboxylic acids is 1. The molecule has 1 rings (SSSR count). The molecule has 1 amide bonds. The van der Waals surface area contributed by atoms with Crippen molar-refractivity contribution in [1.82, 2.24) is 0 Å². The molecule has 1 fully saturated rings. The molecule has 0 heterocycles. The number of aliphatic hydroxyl groups excluding tert-OH is 1. The molecule has 1 aliphatic carbocycles. The number of aliphatic hydroxyl groups is 1. The van der Waals surface area contributed by atoms with E-state index in [-0.39, 0.29) is 12.4 Å². The number of carbonyl (C=O) groups is 1. The van der Waals surface area contributed by atoms with E-state index in [9.17, 15) is 4.79 Å². The standard InChI is InChI=1S/C8H16N2O2.ClH/c9-6(7(11)8(10)12)4-5-2-1-3-5;/h5-7,11H,1-4,9H2,(H2,10,12);1H/i8+1;. The molecule has 1 saturated carbocycles. The highest BCUT2D eigenvalue weighted by molar-refractivity contribution is 5.85. The molecule has 78 valence electrons. The van der Waals surface area contributed by atoms with Crippen molar-refractivity contribution in [1.29, 1.82) is 0 Å². The van der Waals surface area contributed by atoms with Crippen molar-refractivity contribution < 1.29 is 9.90 Å². The van der Waals surface area contributed by atoms with E-state index in [1.165, 1.54) is 19.3 Å². The van der Waals surface area contributed by atoms with E-state index in [4.69, 9.17) is 16.6 Å². The van der Waals surface area contributed by atoms with Crippen LogP contribution in [-0.2, 0) is 4.79 Å². The number of amides is 1. The molecule has 5 heteroatoms. The average molecular weight is 210 g/mol. The fourth-order valence-corrected chi connectivity index (χ4v) is 1.45. The van der Waals surface area contributed by atoms with Crippen LogP contribution in [0.5, 0.6) is 0 Å². The molecule has 0 aromatic heterocycles. The lowest BCUT2D eigenvalue weighted by molar-refractivity contribution is -0.127. The van der Waals surface area contributed by atoms with Crippen LogP contribution in [0.25, 0.3) is 0 Å². The number of primary amides is 1. The number of rotatable bonds is 4. The first-order chi connectivity index (χ1) is 5.61. The summed E-state index contributed by atoms with van der Waals surface area (Å²) in [7, 11) is 0. The molecule has 1 aliphatic rings. The second-order valence-electron chi connectivity index (χ2n) is 3.54. The molecule has 4 nitrogen and oxygen atoms in total. The van der Waals surface area contributed by atoms with Gasteiger partial charge in [-0.05, 0) is 12.3 Å². The van der Waals surface area contributed by atoms with Crippen LogP contribution in [0.3, 0.4) is 0 Å². The Hall–Kier alpha value is -0.320. The van der Waals surface area contributed by atoms with Gasteiger partial charge in [0.25, 0.3) is 0 Å². The van der Waals surface area contributed by atoms with Crippen LogP contribution >= 0.6 is 12.4 Å². The molecule has 13 heavy (non-hydrogen) atoms. The topological polar surface area (TPSA) is 89.3 Å². The van der Waals surface area contributed by atoms with Crippen LogP contribution in [0, 0.1) is 5.92 Å². The highest BCUT2D eigenvalue weighted by Crippen LogP contribution is 2.30. The van der Waals surface area contributed by atoms with Gasteiger partial charge in [-0.15, -0.1) is 12.4 Å². The molecule has 0 spiro atoms. The Bertz CT molecular complexity index is 174. The molecule has 0 aromatic carbocycles. The summed E-state index contributed by atoms with van der Waals surface area (Å²) in [6, 6.07) is -0.479. The largest absolute Gasteiger partial charge is 0.382 e. The lowest BCUT2D eigenvalue weighted by Crippen LogP contribution is -2.45. The lowest BCUT2D eigenvalue weighted by atomic mass is 9.80. The van der Waals surface area contributed by atoms with Crippen molar-refractivity contribution in [3.8, 4) is 0 Å². The maximum atomic E-state index is 10.5. The van der Waals surface area contributed by atoms with Gasteiger partial charge in [-0.3, -0.25) is 4.79 Å². The fraction of sp³-hybridized carbons (Fsp3) is 0.875. The Kier molecular flexibility index (Phi) is 5.29. The molecular weight excluding hydrogens is 193 g/mol. The zero-order valence-corrected chi connectivity index (χ0v) is 8.30. The fourth-order valence-electron chi connectivity index (χ4n) is 1.45. The molecule has 5 N–H and O–H groups in total. The van der Waals surface area contributed by atoms with E-state index in [0.29, 0.717) is 12.3 Å². The number of hydrogen-bond donors (Lipinski definition) is 3. The van der Waals surface area contributed by atoms with Gasteiger partial charge in [0.15, 0.2) is 0 Å². The Balaban J connectivity index is 0.00000144. The molecule has 0 aliphatic heterocycles. The smallest absolute Gasteiger partial charge is 0.247 e. The zero-order valence-electron chi connectivity index (χ0n) is 7.48. The molecule has 2 atom stereocenters. The molecule has 0 bridgehead atoms. The van der Waals surface area contributed by atoms with Crippen molar-refractivity contribution >= 4 is 18.3 Å². The maximum absolute atomic E-state index is 10.5. The SMILES string of the molecule is Cl.NC(CC1CCC1)C(O)[13C](N)=O. The Labute approximate surface area is 84.1 Å². The van der Waals surface area contributed by atoms with E-state index in [0.717, 1.165) is 0 Å². The third-order valence-corrected chi connectivity index (χ3v) is 2.53. The summed E-state index contributed by atoms with van der Waals surface area (Å²) in [6.07, 6.45) is 3.11. The number of nitrogens with two attached hydrogens (primary N) is 2. The summed E-state index contributed by atoms with van der Waals surface area (Å²) >= 11 is 0. The highest BCUT2D eigenvalue weighted by Gasteiger charge is 2.26. The monoisotopic (exact) mass is 209 g/mol. The summed E-state index contributed by atoms with van der Waals surface area (Å²) < 4.78 is 0. The summed E-state index contributed by atoms with van der Waals surface area (Å²) in [5.74, 6) is -0.129. The molecule has 2 unspecified atom stereocenters. The van der Waals surface area contributed by atoms with Gasteiger partial charge in [0.1, 0.15) is 6.10 Å². The quantitative estimate of drug-likeness (QED) is 0.559. The maximum Gasteiger partial charge on any atom is 0.247 e. The predicted molar refractivity (Wildman–Crippen MR) is 52.4 cm³/mol. The van der Waals surface area contributed by atoms with Gasteiger partial charge in [-0.25, -0.2) is 0 Å². The third kappa shape index (κ3) is 3.50. The first-order valence-corrected chi connectivity index (χ1v) is 4.34. The first-order valence-electron chi connectivity index (χ1n) is 4.34. The molecule has 0 radical (unpaired) electrons. The van der Waals surface area contributed by atoms with Crippen LogP contribution in [0.4, 0.5) is 0 Å². The van der Waals surface area contributed by atoms with Gasteiger partial charge >= 0.3 is 0 Å². The van der Waals surface area contributed by atoms with E-state index < -0.39 is 18.1 Å². The van der Waals surface area contributed by atoms with E-state index in [1.807, 2.05) is 0 Å². The van der Waals surface area contributed by atoms with Crippen LogP contribution in [0.2, 0.25) is 0 Å². The Morgan fingerprint density at radius 3 is 2.38 bits per heavy atom. The highest BCUT2D eigenvalue weighted by atomic mass is 35.5. The van der Waals surface area contributed by atoms with Gasteiger partial charge < -0.3 is 16.6 Å². The van der Waals surface area contributed by atoms with Crippen LogP contribution < -0.4 is 11.5 Å². The van der Waals surface area contributed by atoms with Gasteiger partial charge in [0, 0.05) is 6.04 Å². The van der Waals surface area contributed by atoms with Gasteiger partial charge in [-0.1, -0.05) is 19.3 Å². The molecular formula is C8H17ClN2O2. The van der Waals surface area contributed by atoms with E-state index in [2.05, 4.69) is 0 Å². The minimum atomic E-state index is -1.18. The predicted octanol–water partition coefficient (Wildman–Crippen LogP) is -0.228. The van der Waals surface area contributed by atoms with Gasteiger partial charge in [-0.2, -0.15) is 0 Å². The Morgan fingerprint density at radius 1 is 1.54 bits per heavy atom. The lowest BCUT2D eigenvalue weighted by Gasteiger charge is -2.29. The average Bonchev–Trinajstić information content (AvgIpc) is 1.94. The first kappa shape index (κ1) is 12.7. The third-order valence-electron chi connectivity index (χ3n) is 2.53. The normalized spacial score (nSPS) is 21.1. The van der Waals surface area contributed by atoms with Crippen molar-refractivity contribution in [2.75, 3.05) is 0 Å². The summed E-state index contributed by atoms with van der Waals surface area (Å²) in [5, 5.41) is 9.16. The van der Waals surface area contributed by atoms with Crippen molar-refractivity contribution in [3.05, 3.63) is 0 Å². The Morgan fingerprint density at radius 2 is 2.08 bits per heavy atom. The van der Waals surface area contributed by atoms with E-state index in [1.54, 1.807) is 0 Å². The summed E-state index contributed by atoms with van der Waals surface area (Å²) in [5.41, 5.74) is 10.5. The second-order valence-corrected chi connectivity index (χ2v) is 3.54. The van der Waals surface area contributed by atoms with Crippen molar-refractivity contribution in [3.63, 3.8) is 0 Å². The molecule has 0 aromatic rings. The van der Waals surface area contributed by atoms with Crippen LogP contribution in [-0.4, -0.2) is 23.2 Å². The zero-order chi connectivity index (χ0) is 9.14. The number of hydrogen-bond acceptors (Lipinski definition) is 3. The van der Waals surface area contributed by atoms with Gasteiger partial charge in [0.05, 0.1) is 0 Å². The van der Waals surface area contributed by atoms with Crippen molar-refractivity contribution in [2.24, 2.45) is 17.4 Å².